The lowest BCUT2D eigenvalue weighted by Gasteiger charge is -2.12. The molecule has 31 heavy (non-hydrogen) atoms. The van der Waals surface area contributed by atoms with E-state index in [0.29, 0.717) is 28.5 Å². The first kappa shape index (κ1) is 20.3. The summed E-state index contributed by atoms with van der Waals surface area (Å²) in [5.74, 6) is 0.734. The molecular weight excluding hydrogens is 394 g/mol. The number of fused-ring (bicyclic) bond motifs is 1. The molecule has 158 valence electrons. The van der Waals surface area contributed by atoms with Gasteiger partial charge in [-0.3, -0.25) is 14.3 Å². The smallest absolute Gasteiger partial charge is 0.274 e. The van der Waals surface area contributed by atoms with Gasteiger partial charge in [0.1, 0.15) is 18.7 Å². The van der Waals surface area contributed by atoms with Crippen molar-refractivity contribution in [1.82, 2.24) is 19.2 Å². The number of aromatic nitrogens is 4. The second kappa shape index (κ2) is 8.43. The van der Waals surface area contributed by atoms with Gasteiger partial charge in [0.2, 0.25) is 0 Å². The lowest BCUT2D eigenvalue weighted by molar-refractivity contribution is 0.102. The number of ether oxygens (including phenoxy) is 1. The number of carbonyl (C=O) groups excluding carboxylic acids is 1. The Labute approximate surface area is 179 Å². The number of nitrogens with one attached hydrogen (secondary N) is 1. The van der Waals surface area contributed by atoms with E-state index in [1.807, 2.05) is 51.1 Å². The van der Waals surface area contributed by atoms with E-state index < -0.39 is 0 Å². The second-order valence-corrected chi connectivity index (χ2v) is 7.50. The minimum atomic E-state index is -0.213. The van der Waals surface area contributed by atoms with Crippen LogP contribution in [0.2, 0.25) is 0 Å². The quantitative estimate of drug-likeness (QED) is 0.518. The van der Waals surface area contributed by atoms with Crippen molar-refractivity contribution in [3.8, 4) is 5.75 Å². The van der Waals surface area contributed by atoms with Gasteiger partial charge in [-0.05, 0) is 44.5 Å². The molecule has 0 saturated heterocycles. The third kappa shape index (κ3) is 4.32. The van der Waals surface area contributed by atoms with Gasteiger partial charge in [-0.2, -0.15) is 9.50 Å². The lowest BCUT2D eigenvalue weighted by Crippen LogP contribution is -2.23. The Bertz CT molecular complexity index is 1290. The van der Waals surface area contributed by atoms with Gasteiger partial charge in [0.05, 0.1) is 5.69 Å². The van der Waals surface area contributed by atoms with E-state index in [1.165, 1.54) is 10.6 Å². The maximum Gasteiger partial charge on any atom is 0.274 e. The third-order valence-corrected chi connectivity index (χ3v) is 4.84. The van der Waals surface area contributed by atoms with E-state index in [1.54, 1.807) is 29.2 Å². The molecular formula is C23H23N5O3. The van der Waals surface area contributed by atoms with Crippen LogP contribution in [0.5, 0.6) is 5.75 Å². The van der Waals surface area contributed by atoms with Crippen LogP contribution in [0.4, 0.5) is 5.69 Å². The van der Waals surface area contributed by atoms with E-state index in [9.17, 15) is 9.59 Å². The van der Waals surface area contributed by atoms with Crippen LogP contribution in [0, 0.1) is 6.92 Å². The predicted molar refractivity (Wildman–Crippen MR) is 118 cm³/mol. The summed E-state index contributed by atoms with van der Waals surface area (Å²) in [6.45, 7) is 5.96. The molecule has 2 aromatic carbocycles. The van der Waals surface area contributed by atoms with Gasteiger partial charge >= 0.3 is 0 Å². The predicted octanol–water partition coefficient (Wildman–Crippen LogP) is 3.61. The van der Waals surface area contributed by atoms with Gasteiger partial charge in [-0.15, -0.1) is 0 Å². The molecule has 1 N–H and O–H groups in total. The molecule has 0 fully saturated rings. The van der Waals surface area contributed by atoms with Crippen LogP contribution >= 0.6 is 0 Å². The Morgan fingerprint density at radius 1 is 1.13 bits per heavy atom. The van der Waals surface area contributed by atoms with E-state index in [2.05, 4.69) is 15.3 Å². The molecule has 2 aromatic heterocycles. The van der Waals surface area contributed by atoms with Gasteiger partial charge in [0.15, 0.2) is 0 Å². The molecule has 4 aromatic rings. The number of aryl methyl sites for hydroxylation is 1. The average molecular weight is 417 g/mol. The van der Waals surface area contributed by atoms with Crippen molar-refractivity contribution in [3.05, 3.63) is 88.1 Å². The van der Waals surface area contributed by atoms with Crippen LogP contribution in [0.1, 0.15) is 41.5 Å². The van der Waals surface area contributed by atoms with E-state index in [0.717, 1.165) is 5.56 Å². The van der Waals surface area contributed by atoms with Crippen molar-refractivity contribution in [1.29, 1.82) is 0 Å². The first-order valence-electron chi connectivity index (χ1n) is 9.98. The lowest BCUT2D eigenvalue weighted by atomic mass is 10.2. The highest BCUT2D eigenvalue weighted by Crippen LogP contribution is 2.24. The summed E-state index contributed by atoms with van der Waals surface area (Å²) in [5.41, 5.74) is 2.37. The highest BCUT2D eigenvalue weighted by Gasteiger charge is 2.12. The molecule has 1 amide bonds. The molecule has 0 aliphatic rings. The Morgan fingerprint density at radius 2 is 1.90 bits per heavy atom. The van der Waals surface area contributed by atoms with Crippen molar-refractivity contribution in [2.24, 2.45) is 0 Å². The van der Waals surface area contributed by atoms with E-state index >= 15 is 0 Å². The fourth-order valence-electron chi connectivity index (χ4n) is 3.19. The van der Waals surface area contributed by atoms with E-state index in [4.69, 9.17) is 4.74 Å². The maximum absolute atomic E-state index is 12.5. The molecule has 0 aliphatic heterocycles. The first-order valence-corrected chi connectivity index (χ1v) is 9.98. The number of amides is 1. The summed E-state index contributed by atoms with van der Waals surface area (Å²) in [6.07, 6.45) is 1.60. The molecule has 0 atom stereocenters. The highest BCUT2D eigenvalue weighted by molar-refractivity contribution is 6.04. The normalized spacial score (nSPS) is 11.1. The number of anilines is 1. The van der Waals surface area contributed by atoms with Gasteiger partial charge in [-0.25, -0.2) is 4.98 Å². The Morgan fingerprint density at radius 3 is 2.65 bits per heavy atom. The molecule has 0 bridgehead atoms. The molecule has 8 heteroatoms. The molecule has 0 unspecified atom stereocenters. The van der Waals surface area contributed by atoms with Gasteiger partial charge < -0.3 is 10.1 Å². The van der Waals surface area contributed by atoms with Crippen molar-refractivity contribution in [3.63, 3.8) is 0 Å². The highest BCUT2D eigenvalue weighted by atomic mass is 16.5. The maximum atomic E-state index is 12.5. The monoisotopic (exact) mass is 417 g/mol. The van der Waals surface area contributed by atoms with Gasteiger partial charge in [0.25, 0.3) is 17.2 Å². The summed E-state index contributed by atoms with van der Waals surface area (Å²) >= 11 is 0. The fraction of sp³-hybridized carbons (Fsp3) is 0.217. The summed E-state index contributed by atoms with van der Waals surface area (Å²) in [4.78, 5) is 33.6. The fourth-order valence-corrected chi connectivity index (χ4v) is 3.19. The van der Waals surface area contributed by atoms with Crippen molar-refractivity contribution in [2.75, 3.05) is 5.32 Å². The largest absolute Gasteiger partial charge is 0.487 e. The molecule has 0 saturated carbocycles. The number of benzene rings is 2. The van der Waals surface area contributed by atoms with Crippen LogP contribution in [-0.4, -0.2) is 25.1 Å². The molecule has 8 nitrogen and oxygen atoms in total. The van der Waals surface area contributed by atoms with Crippen LogP contribution in [-0.2, 0) is 6.61 Å². The van der Waals surface area contributed by atoms with Crippen molar-refractivity contribution >= 4 is 17.4 Å². The Kier molecular flexibility index (Phi) is 5.53. The zero-order valence-corrected chi connectivity index (χ0v) is 17.6. The standard InChI is InChI=1S/C23H23N5O3/c1-15(2)27-14-24-23-26-19(12-21(29)28(23)27)13-31-20-11-18(10-9-16(20)3)25-22(30)17-7-5-4-6-8-17/h4-12,14-15H,13H2,1-3H3,(H,25,30). The minimum Gasteiger partial charge on any atom is -0.487 e. The second-order valence-electron chi connectivity index (χ2n) is 7.50. The Balaban J connectivity index is 1.51. The number of carbonyl (C=O) groups is 1. The van der Waals surface area contributed by atoms with Crippen LogP contribution in [0.3, 0.4) is 0 Å². The average Bonchev–Trinajstić information content (AvgIpc) is 3.20. The topological polar surface area (TPSA) is 90.5 Å². The molecule has 0 radical (unpaired) electrons. The summed E-state index contributed by atoms with van der Waals surface area (Å²) in [5, 5.41) is 2.87. The molecule has 4 rings (SSSR count). The van der Waals surface area contributed by atoms with Gasteiger partial charge in [0, 0.05) is 29.4 Å². The molecule has 0 aliphatic carbocycles. The number of hydrogen-bond donors (Lipinski definition) is 1. The third-order valence-electron chi connectivity index (χ3n) is 4.84. The van der Waals surface area contributed by atoms with Crippen molar-refractivity contribution in [2.45, 2.75) is 33.4 Å². The summed E-state index contributed by atoms with van der Waals surface area (Å²) in [7, 11) is 0. The minimum absolute atomic E-state index is 0.0862. The first-order chi connectivity index (χ1) is 14.9. The van der Waals surface area contributed by atoms with Crippen LogP contribution in [0.15, 0.2) is 65.7 Å². The van der Waals surface area contributed by atoms with Crippen molar-refractivity contribution < 1.29 is 9.53 Å². The van der Waals surface area contributed by atoms with Crippen LogP contribution < -0.4 is 15.6 Å². The van der Waals surface area contributed by atoms with E-state index in [-0.39, 0.29) is 24.1 Å². The summed E-state index contributed by atoms with van der Waals surface area (Å²) in [6, 6.07) is 16.0. The number of hydrogen-bond acceptors (Lipinski definition) is 5. The number of nitrogens with zero attached hydrogens (tertiary/aromatic N) is 4. The summed E-state index contributed by atoms with van der Waals surface area (Å²) < 4.78 is 9.09. The SMILES string of the molecule is Cc1ccc(NC(=O)c2ccccc2)cc1OCc1cc(=O)n2c(ncn2C(C)C)n1. The molecule has 0 spiro atoms. The zero-order valence-electron chi connectivity index (χ0n) is 17.6. The van der Waals surface area contributed by atoms with Gasteiger partial charge in [-0.1, -0.05) is 24.3 Å². The Hall–Kier alpha value is -3.94. The zero-order chi connectivity index (χ0) is 22.0. The van der Waals surface area contributed by atoms with Crippen LogP contribution in [0.25, 0.3) is 5.78 Å². The molecule has 2 heterocycles. The number of rotatable bonds is 6.